The Morgan fingerprint density at radius 1 is 1.53 bits per heavy atom. The standard InChI is InChI=1S/C10H19N5OS/c1-4-7(3)12-9(16)6-17-10-14-13-8(5-2)15(10)11/h7H,4-6,11H2,1-3H3,(H,12,16)/t7-/m1/s1. The summed E-state index contributed by atoms with van der Waals surface area (Å²) < 4.78 is 1.43. The van der Waals surface area contributed by atoms with Gasteiger partial charge in [-0.1, -0.05) is 25.6 Å². The fourth-order valence-corrected chi connectivity index (χ4v) is 1.88. The van der Waals surface area contributed by atoms with Crippen molar-refractivity contribution in [1.29, 1.82) is 0 Å². The Bertz CT molecular complexity index is 379. The predicted molar refractivity (Wildman–Crippen MR) is 68.2 cm³/mol. The van der Waals surface area contributed by atoms with Crippen LogP contribution in [0, 0.1) is 0 Å². The van der Waals surface area contributed by atoms with E-state index in [2.05, 4.69) is 15.5 Å². The van der Waals surface area contributed by atoms with Crippen LogP contribution in [0.2, 0.25) is 0 Å². The van der Waals surface area contributed by atoms with Crippen molar-refractivity contribution in [2.75, 3.05) is 11.6 Å². The third-order valence-electron chi connectivity index (χ3n) is 2.40. The molecule has 0 aliphatic heterocycles. The van der Waals surface area contributed by atoms with Crippen LogP contribution in [0.3, 0.4) is 0 Å². The van der Waals surface area contributed by atoms with Crippen LogP contribution >= 0.6 is 11.8 Å². The average Bonchev–Trinajstić information content (AvgIpc) is 2.67. The minimum atomic E-state index is -0.00889. The highest BCUT2D eigenvalue weighted by molar-refractivity contribution is 7.99. The summed E-state index contributed by atoms with van der Waals surface area (Å²) >= 11 is 1.30. The van der Waals surface area contributed by atoms with E-state index in [-0.39, 0.29) is 11.9 Å². The maximum atomic E-state index is 11.5. The number of hydrogen-bond acceptors (Lipinski definition) is 5. The van der Waals surface area contributed by atoms with Gasteiger partial charge >= 0.3 is 0 Å². The number of hydrogen-bond donors (Lipinski definition) is 2. The smallest absolute Gasteiger partial charge is 0.230 e. The van der Waals surface area contributed by atoms with Gasteiger partial charge in [0.1, 0.15) is 0 Å². The van der Waals surface area contributed by atoms with Gasteiger partial charge in [0.2, 0.25) is 11.1 Å². The Labute approximate surface area is 105 Å². The third kappa shape index (κ3) is 3.92. The number of amides is 1. The molecule has 0 aliphatic carbocycles. The Kier molecular flexibility index (Phi) is 5.27. The summed E-state index contributed by atoms with van der Waals surface area (Å²) in [7, 11) is 0. The van der Waals surface area contributed by atoms with E-state index in [1.807, 2.05) is 20.8 Å². The number of carbonyl (C=O) groups excluding carboxylic acids is 1. The number of thioether (sulfide) groups is 1. The zero-order chi connectivity index (χ0) is 12.8. The molecule has 1 atom stereocenters. The van der Waals surface area contributed by atoms with E-state index in [0.717, 1.165) is 18.7 Å². The molecule has 6 nitrogen and oxygen atoms in total. The maximum Gasteiger partial charge on any atom is 0.230 e. The van der Waals surface area contributed by atoms with Crippen LogP contribution in [-0.4, -0.2) is 32.6 Å². The summed E-state index contributed by atoms with van der Waals surface area (Å²) in [5.74, 6) is 6.78. The number of nitrogens with two attached hydrogens (primary N) is 1. The molecule has 0 aromatic carbocycles. The molecule has 0 aliphatic rings. The Balaban J connectivity index is 2.44. The topological polar surface area (TPSA) is 85.8 Å². The van der Waals surface area contributed by atoms with E-state index in [1.54, 1.807) is 0 Å². The lowest BCUT2D eigenvalue weighted by molar-refractivity contribution is -0.119. The molecule has 1 aromatic heterocycles. The molecular weight excluding hydrogens is 238 g/mol. The van der Waals surface area contributed by atoms with Crippen LogP contribution in [-0.2, 0) is 11.2 Å². The van der Waals surface area contributed by atoms with Crippen LogP contribution in [0.25, 0.3) is 0 Å². The van der Waals surface area contributed by atoms with Crippen LogP contribution in [0.1, 0.15) is 33.0 Å². The molecule has 3 N–H and O–H groups in total. The van der Waals surface area contributed by atoms with Crippen LogP contribution in [0.15, 0.2) is 5.16 Å². The Morgan fingerprint density at radius 3 is 2.76 bits per heavy atom. The number of aromatic nitrogens is 3. The second-order valence-electron chi connectivity index (χ2n) is 3.79. The van der Waals surface area contributed by atoms with Crippen molar-refractivity contribution in [3.63, 3.8) is 0 Å². The largest absolute Gasteiger partial charge is 0.353 e. The number of rotatable bonds is 6. The van der Waals surface area contributed by atoms with E-state index in [0.29, 0.717) is 10.9 Å². The number of nitrogens with one attached hydrogen (secondary N) is 1. The molecule has 0 radical (unpaired) electrons. The minimum Gasteiger partial charge on any atom is -0.353 e. The SMILES string of the molecule is CCc1nnc(SCC(=O)N[C@H](C)CC)n1N. The van der Waals surface area contributed by atoms with Gasteiger partial charge in [0.15, 0.2) is 5.82 Å². The van der Waals surface area contributed by atoms with Gasteiger partial charge < -0.3 is 11.2 Å². The molecule has 1 rings (SSSR count). The van der Waals surface area contributed by atoms with Crippen LogP contribution in [0.5, 0.6) is 0 Å². The number of aryl methyl sites for hydroxylation is 1. The Hall–Kier alpha value is -1.24. The first kappa shape index (κ1) is 13.8. The van der Waals surface area contributed by atoms with E-state index in [1.165, 1.54) is 16.4 Å². The van der Waals surface area contributed by atoms with Gasteiger partial charge in [-0.25, -0.2) is 4.68 Å². The maximum absolute atomic E-state index is 11.5. The van der Waals surface area contributed by atoms with Gasteiger partial charge in [-0.3, -0.25) is 4.79 Å². The zero-order valence-corrected chi connectivity index (χ0v) is 11.3. The molecule has 96 valence electrons. The lowest BCUT2D eigenvalue weighted by Gasteiger charge is -2.10. The summed E-state index contributed by atoms with van der Waals surface area (Å²) in [4.78, 5) is 11.5. The lowest BCUT2D eigenvalue weighted by Crippen LogP contribution is -2.33. The number of nitrogen functional groups attached to an aromatic ring is 1. The lowest BCUT2D eigenvalue weighted by atomic mass is 10.3. The minimum absolute atomic E-state index is 0.00889. The highest BCUT2D eigenvalue weighted by Gasteiger charge is 2.11. The molecule has 1 amide bonds. The number of carbonyl (C=O) groups is 1. The molecule has 0 fully saturated rings. The molecular formula is C10H19N5OS. The summed E-state index contributed by atoms with van der Waals surface area (Å²) in [5, 5.41) is 11.3. The van der Waals surface area contributed by atoms with Crippen LogP contribution in [0.4, 0.5) is 0 Å². The Morgan fingerprint density at radius 2 is 2.24 bits per heavy atom. The third-order valence-corrected chi connectivity index (χ3v) is 3.35. The van der Waals surface area contributed by atoms with Gasteiger partial charge in [0.05, 0.1) is 5.75 Å². The zero-order valence-electron chi connectivity index (χ0n) is 10.4. The molecule has 0 spiro atoms. The van der Waals surface area contributed by atoms with Crippen molar-refractivity contribution in [3.05, 3.63) is 5.82 Å². The van der Waals surface area contributed by atoms with Crippen molar-refractivity contribution in [2.45, 2.75) is 44.8 Å². The van der Waals surface area contributed by atoms with Gasteiger partial charge in [-0.15, -0.1) is 10.2 Å². The first-order chi connectivity index (χ1) is 8.08. The highest BCUT2D eigenvalue weighted by atomic mass is 32.2. The van der Waals surface area contributed by atoms with Gasteiger partial charge in [-0.05, 0) is 13.3 Å². The molecule has 0 saturated heterocycles. The second-order valence-corrected chi connectivity index (χ2v) is 4.73. The van der Waals surface area contributed by atoms with Crippen molar-refractivity contribution in [2.24, 2.45) is 0 Å². The molecule has 0 saturated carbocycles. The summed E-state index contributed by atoms with van der Waals surface area (Å²) in [5.41, 5.74) is 0. The molecule has 0 bridgehead atoms. The van der Waals surface area contributed by atoms with Crippen molar-refractivity contribution >= 4 is 17.7 Å². The molecule has 7 heteroatoms. The van der Waals surface area contributed by atoms with E-state index >= 15 is 0 Å². The van der Waals surface area contributed by atoms with Crippen LogP contribution < -0.4 is 11.2 Å². The predicted octanol–water partition coefficient (Wildman–Crippen LogP) is 0.561. The normalized spacial score (nSPS) is 12.4. The monoisotopic (exact) mass is 257 g/mol. The highest BCUT2D eigenvalue weighted by Crippen LogP contribution is 2.14. The summed E-state index contributed by atoms with van der Waals surface area (Å²) in [6, 6.07) is 0.199. The molecule has 17 heavy (non-hydrogen) atoms. The average molecular weight is 257 g/mol. The van der Waals surface area contributed by atoms with E-state index < -0.39 is 0 Å². The summed E-state index contributed by atoms with van der Waals surface area (Å²) in [6.45, 7) is 5.96. The second kappa shape index (κ2) is 6.48. The van der Waals surface area contributed by atoms with E-state index in [9.17, 15) is 4.79 Å². The molecule has 1 heterocycles. The van der Waals surface area contributed by atoms with Gasteiger partial charge in [0, 0.05) is 12.5 Å². The van der Waals surface area contributed by atoms with E-state index in [4.69, 9.17) is 5.84 Å². The molecule has 0 unspecified atom stereocenters. The fourth-order valence-electron chi connectivity index (χ4n) is 1.20. The number of nitrogens with zero attached hydrogens (tertiary/aromatic N) is 3. The van der Waals surface area contributed by atoms with Crippen molar-refractivity contribution < 1.29 is 4.79 Å². The first-order valence-corrected chi connectivity index (χ1v) is 6.68. The quantitative estimate of drug-likeness (QED) is 0.574. The molecule has 1 aromatic rings. The van der Waals surface area contributed by atoms with Gasteiger partial charge in [0.25, 0.3) is 0 Å². The van der Waals surface area contributed by atoms with Gasteiger partial charge in [-0.2, -0.15) is 0 Å². The first-order valence-electron chi connectivity index (χ1n) is 5.70. The van der Waals surface area contributed by atoms with Crippen molar-refractivity contribution in [1.82, 2.24) is 20.2 Å². The fraction of sp³-hybridized carbons (Fsp3) is 0.700. The van der Waals surface area contributed by atoms with Crippen molar-refractivity contribution in [3.8, 4) is 0 Å². The summed E-state index contributed by atoms with van der Waals surface area (Å²) in [6.07, 6.45) is 1.65.